The molecule has 1 aliphatic heterocycles. The predicted octanol–water partition coefficient (Wildman–Crippen LogP) is 4.01. The lowest BCUT2D eigenvalue weighted by Gasteiger charge is -2.28. The van der Waals surface area contributed by atoms with Crippen molar-refractivity contribution in [2.75, 3.05) is 5.75 Å². The first-order valence-electron chi connectivity index (χ1n) is 7.55. The Morgan fingerprint density at radius 1 is 1.09 bits per heavy atom. The Hall–Kier alpha value is -1.68. The van der Waals surface area contributed by atoms with Crippen LogP contribution in [-0.4, -0.2) is 27.0 Å². The molecule has 0 radical (unpaired) electrons. The fourth-order valence-electron chi connectivity index (χ4n) is 2.89. The van der Waals surface area contributed by atoms with Crippen LogP contribution in [0.25, 0.3) is 0 Å². The molecule has 0 spiro atoms. The van der Waals surface area contributed by atoms with Crippen molar-refractivity contribution in [2.45, 2.75) is 44.8 Å². The summed E-state index contributed by atoms with van der Waals surface area (Å²) in [6, 6.07) is 10.6. The largest absolute Gasteiger partial charge is 0.282 e. The highest BCUT2D eigenvalue weighted by Crippen LogP contribution is 2.28. The predicted molar refractivity (Wildman–Crippen MR) is 93.0 cm³/mol. The van der Waals surface area contributed by atoms with Gasteiger partial charge in [-0.2, -0.15) is 0 Å². The third-order valence-corrected chi connectivity index (χ3v) is 4.55. The van der Waals surface area contributed by atoms with Gasteiger partial charge in [-0.25, -0.2) is 9.97 Å². The summed E-state index contributed by atoms with van der Waals surface area (Å²) in [4.78, 5) is 14.0. The summed E-state index contributed by atoms with van der Waals surface area (Å²) in [5, 5.41) is 0.834. The van der Waals surface area contributed by atoms with E-state index in [1.54, 1.807) is 11.8 Å². The van der Waals surface area contributed by atoms with E-state index in [9.17, 15) is 0 Å². The lowest BCUT2D eigenvalue weighted by Crippen LogP contribution is -2.29. The van der Waals surface area contributed by atoms with Crippen molar-refractivity contribution in [1.29, 1.82) is 0 Å². The van der Waals surface area contributed by atoms with Crippen molar-refractivity contribution in [3.05, 3.63) is 52.8 Å². The van der Waals surface area contributed by atoms with E-state index < -0.39 is 0 Å². The molecule has 0 fully saturated rings. The topological polar surface area (TPSA) is 38.1 Å². The molecule has 1 aliphatic rings. The molecule has 1 aromatic carbocycles. The molecule has 0 saturated carbocycles. The van der Waals surface area contributed by atoms with Crippen molar-refractivity contribution < 1.29 is 0 Å². The van der Waals surface area contributed by atoms with E-state index in [4.69, 9.17) is 4.99 Å². The maximum atomic E-state index is 4.96. The summed E-state index contributed by atoms with van der Waals surface area (Å²) >= 11 is 1.67. The molecule has 0 atom stereocenters. The molecule has 0 saturated heterocycles. The smallest absolute Gasteiger partial charge is 0.188 e. The van der Waals surface area contributed by atoms with E-state index in [1.807, 2.05) is 19.9 Å². The fraction of sp³-hybridized carbons (Fsp3) is 0.389. The average Bonchev–Trinajstić information content (AvgIpc) is 2.42. The monoisotopic (exact) mass is 311 g/mol. The Morgan fingerprint density at radius 3 is 2.50 bits per heavy atom. The van der Waals surface area contributed by atoms with Gasteiger partial charge in [0.25, 0.3) is 0 Å². The molecule has 0 amide bonds. The number of hydrogen-bond donors (Lipinski definition) is 0. The van der Waals surface area contributed by atoms with E-state index in [0.717, 1.165) is 34.4 Å². The standard InChI is InChI=1S/C18H21N3S/c1-12-9-13(2)20-17(19-12)22-11-16-15-8-6-5-7-14(15)10-18(3,4)21-16/h5-9H,10-11H2,1-4H3. The normalized spacial score (nSPS) is 16.1. The highest BCUT2D eigenvalue weighted by atomic mass is 32.2. The first-order valence-corrected chi connectivity index (χ1v) is 8.54. The number of aryl methyl sites for hydroxylation is 2. The number of aliphatic imine (C=N–C) groups is 1. The molecule has 2 heterocycles. The number of benzene rings is 1. The Labute approximate surface area is 136 Å². The van der Waals surface area contributed by atoms with E-state index in [0.29, 0.717) is 0 Å². The molecular formula is C18H21N3S. The molecule has 22 heavy (non-hydrogen) atoms. The lowest BCUT2D eigenvalue weighted by molar-refractivity contribution is 0.513. The first-order chi connectivity index (χ1) is 10.4. The number of aromatic nitrogens is 2. The van der Waals surface area contributed by atoms with E-state index in [1.165, 1.54) is 11.1 Å². The molecule has 2 aromatic rings. The lowest BCUT2D eigenvalue weighted by atomic mass is 9.87. The number of hydrogen-bond acceptors (Lipinski definition) is 4. The highest BCUT2D eigenvalue weighted by molar-refractivity contribution is 7.99. The second-order valence-corrected chi connectivity index (χ2v) is 7.37. The second kappa shape index (κ2) is 5.84. The van der Waals surface area contributed by atoms with Crippen LogP contribution in [0.3, 0.4) is 0 Å². The van der Waals surface area contributed by atoms with Crippen molar-refractivity contribution in [3.63, 3.8) is 0 Å². The summed E-state index contributed by atoms with van der Waals surface area (Å²) in [5.74, 6) is 0.809. The maximum absolute atomic E-state index is 4.96. The van der Waals surface area contributed by atoms with Crippen LogP contribution in [0.15, 0.2) is 40.5 Å². The van der Waals surface area contributed by atoms with Gasteiger partial charge in [-0.1, -0.05) is 36.0 Å². The van der Waals surface area contributed by atoms with Crippen molar-refractivity contribution in [3.8, 4) is 0 Å². The van der Waals surface area contributed by atoms with Crippen molar-refractivity contribution in [1.82, 2.24) is 9.97 Å². The van der Waals surface area contributed by atoms with Crippen LogP contribution in [0.1, 0.15) is 36.4 Å². The van der Waals surface area contributed by atoms with Crippen LogP contribution in [0, 0.1) is 13.8 Å². The van der Waals surface area contributed by atoms with Crippen LogP contribution < -0.4 is 0 Å². The molecule has 3 rings (SSSR count). The minimum absolute atomic E-state index is 0.0341. The van der Waals surface area contributed by atoms with E-state index in [2.05, 4.69) is 48.1 Å². The molecular weight excluding hydrogens is 290 g/mol. The van der Waals surface area contributed by atoms with Gasteiger partial charge in [-0.05, 0) is 51.3 Å². The molecule has 1 aromatic heterocycles. The molecule has 0 unspecified atom stereocenters. The number of rotatable bonds is 3. The Morgan fingerprint density at radius 2 is 1.77 bits per heavy atom. The molecule has 0 N–H and O–H groups in total. The highest BCUT2D eigenvalue weighted by Gasteiger charge is 2.26. The second-order valence-electron chi connectivity index (χ2n) is 6.43. The van der Waals surface area contributed by atoms with Crippen LogP contribution in [0.2, 0.25) is 0 Å². The first kappa shape index (κ1) is 15.2. The van der Waals surface area contributed by atoms with Gasteiger partial charge in [0, 0.05) is 17.1 Å². The third kappa shape index (κ3) is 3.38. The number of fused-ring (bicyclic) bond motifs is 1. The summed E-state index contributed by atoms with van der Waals surface area (Å²) in [6.45, 7) is 8.41. The van der Waals surface area contributed by atoms with Gasteiger partial charge in [0.05, 0.1) is 11.3 Å². The Bertz CT molecular complexity index is 715. The summed E-state index contributed by atoms with van der Waals surface area (Å²) in [5.41, 5.74) is 5.81. The van der Waals surface area contributed by atoms with Crippen LogP contribution in [0.5, 0.6) is 0 Å². The molecule has 3 nitrogen and oxygen atoms in total. The molecule has 114 valence electrons. The Balaban J connectivity index is 1.85. The van der Waals surface area contributed by atoms with Gasteiger partial charge in [-0.15, -0.1) is 0 Å². The number of nitrogens with zero attached hydrogens (tertiary/aromatic N) is 3. The summed E-state index contributed by atoms with van der Waals surface area (Å²) in [7, 11) is 0. The quantitative estimate of drug-likeness (QED) is 0.635. The minimum atomic E-state index is -0.0341. The molecule has 0 aliphatic carbocycles. The van der Waals surface area contributed by atoms with Gasteiger partial charge in [0.15, 0.2) is 5.16 Å². The Kier molecular flexibility index (Phi) is 4.04. The van der Waals surface area contributed by atoms with Gasteiger partial charge in [-0.3, -0.25) is 4.99 Å². The van der Waals surface area contributed by atoms with Crippen molar-refractivity contribution in [2.24, 2.45) is 4.99 Å². The van der Waals surface area contributed by atoms with Gasteiger partial charge in [0.1, 0.15) is 0 Å². The zero-order valence-electron chi connectivity index (χ0n) is 13.6. The van der Waals surface area contributed by atoms with E-state index >= 15 is 0 Å². The van der Waals surface area contributed by atoms with Crippen LogP contribution in [0.4, 0.5) is 0 Å². The minimum Gasteiger partial charge on any atom is -0.282 e. The van der Waals surface area contributed by atoms with Gasteiger partial charge in [0.2, 0.25) is 0 Å². The number of thioether (sulfide) groups is 1. The summed E-state index contributed by atoms with van der Waals surface area (Å²) in [6.07, 6.45) is 0.997. The molecule has 4 heteroatoms. The molecule has 0 bridgehead atoms. The van der Waals surface area contributed by atoms with Gasteiger partial charge >= 0.3 is 0 Å². The fourth-order valence-corrected chi connectivity index (χ4v) is 3.79. The third-order valence-electron chi connectivity index (χ3n) is 3.69. The zero-order chi connectivity index (χ0) is 15.7. The van der Waals surface area contributed by atoms with E-state index in [-0.39, 0.29) is 5.54 Å². The zero-order valence-corrected chi connectivity index (χ0v) is 14.4. The maximum Gasteiger partial charge on any atom is 0.188 e. The van der Waals surface area contributed by atoms with Gasteiger partial charge < -0.3 is 0 Å². The van der Waals surface area contributed by atoms with Crippen molar-refractivity contribution >= 4 is 17.5 Å². The SMILES string of the molecule is Cc1cc(C)nc(SCC2=NC(C)(C)Cc3ccccc32)n1. The van der Waals surface area contributed by atoms with Crippen LogP contribution >= 0.6 is 11.8 Å². The average molecular weight is 311 g/mol. The summed E-state index contributed by atoms with van der Waals surface area (Å²) < 4.78 is 0. The van der Waals surface area contributed by atoms with Crippen LogP contribution in [-0.2, 0) is 6.42 Å².